The molecule has 0 aliphatic heterocycles. The second-order valence-electron chi connectivity index (χ2n) is 4.71. The number of rotatable bonds is 1. The van der Waals surface area contributed by atoms with E-state index in [9.17, 15) is 0 Å². The molecule has 0 saturated heterocycles. The van der Waals surface area contributed by atoms with Crippen LogP contribution in [0.5, 0.6) is 0 Å². The highest BCUT2D eigenvalue weighted by molar-refractivity contribution is 4.83. The molecule has 1 rings (SSSR count). The first-order valence-corrected chi connectivity index (χ1v) is 4.67. The van der Waals surface area contributed by atoms with Crippen molar-refractivity contribution in [1.82, 2.24) is 0 Å². The van der Waals surface area contributed by atoms with E-state index in [-0.39, 0.29) is 0 Å². The summed E-state index contributed by atoms with van der Waals surface area (Å²) in [5.74, 6) is 1.35. The van der Waals surface area contributed by atoms with E-state index in [0.29, 0.717) is 17.9 Å². The molecule has 1 aliphatic carbocycles. The van der Waals surface area contributed by atoms with Crippen LogP contribution in [0.3, 0.4) is 0 Å². The zero-order chi connectivity index (χ0) is 8.48. The van der Waals surface area contributed by atoms with Crippen LogP contribution < -0.4 is 0 Å². The summed E-state index contributed by atoms with van der Waals surface area (Å²) >= 11 is 0. The quantitative estimate of drug-likeness (QED) is 0.618. The van der Waals surface area contributed by atoms with Crippen LogP contribution in [0, 0.1) is 17.3 Å². The van der Waals surface area contributed by atoms with Gasteiger partial charge in [-0.1, -0.05) is 20.8 Å². The Balaban J connectivity index is 2.48. The van der Waals surface area contributed by atoms with Crippen LogP contribution in [0.15, 0.2) is 0 Å². The van der Waals surface area contributed by atoms with Crippen molar-refractivity contribution in [3.8, 4) is 0 Å². The molecule has 0 aromatic carbocycles. The van der Waals surface area contributed by atoms with E-state index in [1.165, 1.54) is 19.3 Å². The Hall–Kier alpha value is -0.0400. The summed E-state index contributed by atoms with van der Waals surface area (Å²) in [5, 5.41) is 8.98. The van der Waals surface area contributed by atoms with Crippen LogP contribution in [0.4, 0.5) is 0 Å². The lowest BCUT2D eigenvalue weighted by Crippen LogP contribution is -2.31. The highest BCUT2D eigenvalue weighted by Gasteiger charge is 2.32. The van der Waals surface area contributed by atoms with Gasteiger partial charge in [0, 0.05) is 6.61 Å². The van der Waals surface area contributed by atoms with Crippen LogP contribution in [0.2, 0.25) is 0 Å². The summed E-state index contributed by atoms with van der Waals surface area (Å²) in [5.41, 5.74) is 0.506. The van der Waals surface area contributed by atoms with Gasteiger partial charge in [0.05, 0.1) is 0 Å². The number of hydrogen-bond donors (Lipinski definition) is 1. The van der Waals surface area contributed by atoms with Crippen LogP contribution in [-0.4, -0.2) is 11.7 Å². The fourth-order valence-electron chi connectivity index (χ4n) is 1.93. The van der Waals surface area contributed by atoms with Gasteiger partial charge >= 0.3 is 0 Å². The minimum atomic E-state index is 0.389. The zero-order valence-corrected chi connectivity index (χ0v) is 7.93. The molecule has 0 aromatic heterocycles. The van der Waals surface area contributed by atoms with Crippen molar-refractivity contribution in [3.63, 3.8) is 0 Å². The van der Waals surface area contributed by atoms with E-state index < -0.39 is 0 Å². The SMILES string of the molecule is CC1CC(CO)CCC1(C)C. The molecule has 0 bridgehead atoms. The van der Waals surface area contributed by atoms with E-state index in [0.717, 1.165) is 5.92 Å². The van der Waals surface area contributed by atoms with E-state index in [2.05, 4.69) is 20.8 Å². The molecule has 2 unspecified atom stereocenters. The fourth-order valence-corrected chi connectivity index (χ4v) is 1.93. The molecule has 1 nitrogen and oxygen atoms in total. The third kappa shape index (κ3) is 1.96. The topological polar surface area (TPSA) is 20.2 Å². The van der Waals surface area contributed by atoms with E-state index in [4.69, 9.17) is 5.11 Å². The Bertz CT molecular complexity index is 129. The fraction of sp³-hybridized carbons (Fsp3) is 1.00. The second-order valence-corrected chi connectivity index (χ2v) is 4.71. The lowest BCUT2D eigenvalue weighted by Gasteiger charge is -2.39. The monoisotopic (exact) mass is 156 g/mol. The lowest BCUT2D eigenvalue weighted by molar-refractivity contribution is 0.0784. The Morgan fingerprint density at radius 3 is 2.55 bits per heavy atom. The van der Waals surface area contributed by atoms with Gasteiger partial charge in [-0.05, 0) is 36.5 Å². The summed E-state index contributed by atoms with van der Waals surface area (Å²) in [7, 11) is 0. The van der Waals surface area contributed by atoms with Crippen molar-refractivity contribution in [2.24, 2.45) is 17.3 Å². The van der Waals surface area contributed by atoms with Crippen LogP contribution in [0.1, 0.15) is 40.0 Å². The van der Waals surface area contributed by atoms with Crippen LogP contribution in [-0.2, 0) is 0 Å². The van der Waals surface area contributed by atoms with Crippen molar-refractivity contribution in [1.29, 1.82) is 0 Å². The normalized spacial score (nSPS) is 37.1. The maximum Gasteiger partial charge on any atom is 0.0459 e. The summed E-state index contributed by atoms with van der Waals surface area (Å²) in [6.45, 7) is 7.37. The summed E-state index contributed by atoms with van der Waals surface area (Å²) in [6, 6.07) is 0. The standard InChI is InChI=1S/C10H20O/c1-8-6-9(7-11)4-5-10(8,2)3/h8-9,11H,4-7H2,1-3H3. The minimum absolute atomic E-state index is 0.389. The summed E-state index contributed by atoms with van der Waals surface area (Å²) < 4.78 is 0. The van der Waals surface area contributed by atoms with Crippen molar-refractivity contribution in [2.45, 2.75) is 40.0 Å². The molecule has 2 atom stereocenters. The first kappa shape index (κ1) is 9.05. The maximum atomic E-state index is 8.98. The molecule has 11 heavy (non-hydrogen) atoms. The summed E-state index contributed by atoms with van der Waals surface area (Å²) in [4.78, 5) is 0. The van der Waals surface area contributed by atoms with Gasteiger partial charge < -0.3 is 5.11 Å². The molecule has 0 spiro atoms. The Kier molecular flexibility index (Phi) is 2.58. The molecule has 0 amide bonds. The Morgan fingerprint density at radius 2 is 2.09 bits per heavy atom. The van der Waals surface area contributed by atoms with Gasteiger partial charge in [0.25, 0.3) is 0 Å². The average molecular weight is 156 g/mol. The lowest BCUT2D eigenvalue weighted by atomic mass is 9.66. The van der Waals surface area contributed by atoms with Crippen LogP contribution in [0.25, 0.3) is 0 Å². The first-order chi connectivity index (χ1) is 5.06. The van der Waals surface area contributed by atoms with Crippen molar-refractivity contribution in [2.75, 3.05) is 6.61 Å². The van der Waals surface area contributed by atoms with Crippen molar-refractivity contribution in [3.05, 3.63) is 0 Å². The van der Waals surface area contributed by atoms with Gasteiger partial charge in [-0.2, -0.15) is 0 Å². The molecular weight excluding hydrogens is 136 g/mol. The van der Waals surface area contributed by atoms with Gasteiger partial charge in [0.15, 0.2) is 0 Å². The molecule has 1 saturated carbocycles. The smallest absolute Gasteiger partial charge is 0.0459 e. The summed E-state index contributed by atoms with van der Waals surface area (Å²) in [6.07, 6.45) is 3.71. The molecule has 1 fully saturated rings. The Labute approximate surface area is 69.8 Å². The molecule has 1 aliphatic rings. The minimum Gasteiger partial charge on any atom is -0.396 e. The molecular formula is C10H20O. The third-order valence-electron chi connectivity index (χ3n) is 3.48. The zero-order valence-electron chi connectivity index (χ0n) is 7.93. The Morgan fingerprint density at radius 1 is 1.45 bits per heavy atom. The van der Waals surface area contributed by atoms with Gasteiger partial charge in [-0.3, -0.25) is 0 Å². The predicted molar refractivity (Wildman–Crippen MR) is 47.4 cm³/mol. The maximum absolute atomic E-state index is 8.98. The largest absolute Gasteiger partial charge is 0.396 e. The van der Waals surface area contributed by atoms with Gasteiger partial charge in [-0.15, -0.1) is 0 Å². The first-order valence-electron chi connectivity index (χ1n) is 4.67. The van der Waals surface area contributed by atoms with Gasteiger partial charge in [0.2, 0.25) is 0 Å². The van der Waals surface area contributed by atoms with Crippen molar-refractivity contribution >= 4 is 0 Å². The number of aliphatic hydroxyl groups is 1. The molecule has 0 radical (unpaired) electrons. The average Bonchev–Trinajstić information content (AvgIpc) is 1.95. The van der Waals surface area contributed by atoms with Gasteiger partial charge in [-0.25, -0.2) is 0 Å². The molecule has 0 heterocycles. The van der Waals surface area contributed by atoms with Crippen LogP contribution >= 0.6 is 0 Å². The van der Waals surface area contributed by atoms with E-state index >= 15 is 0 Å². The molecule has 1 N–H and O–H groups in total. The molecule has 1 heteroatoms. The number of aliphatic hydroxyl groups excluding tert-OH is 1. The van der Waals surface area contributed by atoms with E-state index in [1.807, 2.05) is 0 Å². The highest BCUT2D eigenvalue weighted by Crippen LogP contribution is 2.42. The van der Waals surface area contributed by atoms with Gasteiger partial charge in [0.1, 0.15) is 0 Å². The second kappa shape index (κ2) is 3.14. The third-order valence-corrected chi connectivity index (χ3v) is 3.48. The predicted octanol–water partition coefficient (Wildman–Crippen LogP) is 2.44. The van der Waals surface area contributed by atoms with Crippen molar-refractivity contribution < 1.29 is 5.11 Å². The number of hydrogen-bond acceptors (Lipinski definition) is 1. The highest BCUT2D eigenvalue weighted by atomic mass is 16.3. The molecule has 66 valence electrons. The van der Waals surface area contributed by atoms with E-state index in [1.54, 1.807) is 0 Å². The molecule has 0 aromatic rings.